The first-order chi connectivity index (χ1) is 9.72. The maximum atomic E-state index is 11.2. The summed E-state index contributed by atoms with van der Waals surface area (Å²) in [4.78, 5) is 33.3. The standard InChI is InChI=1S/C14H23NO6/c1-7-8(2)14(20-10(4)17)12(6-19-9(3)16)21-11(7)5-13(15)18/h7-8,11-12,14H,5-6H2,1-4H3,(H2,15,18)/t7-,8+,11+,12+,14-/m0/s1. The van der Waals surface area contributed by atoms with E-state index in [2.05, 4.69) is 0 Å². The number of nitrogens with two attached hydrogens (primary N) is 1. The zero-order valence-electron chi connectivity index (χ0n) is 12.8. The van der Waals surface area contributed by atoms with Crippen LogP contribution in [0.15, 0.2) is 0 Å². The van der Waals surface area contributed by atoms with Crippen molar-refractivity contribution < 1.29 is 28.6 Å². The lowest BCUT2D eigenvalue weighted by molar-refractivity contribution is -0.206. The molecular formula is C14H23NO6. The molecule has 1 heterocycles. The van der Waals surface area contributed by atoms with E-state index in [0.29, 0.717) is 0 Å². The molecule has 7 nitrogen and oxygen atoms in total. The van der Waals surface area contributed by atoms with Gasteiger partial charge in [-0.05, 0) is 5.92 Å². The Kier molecular flexibility index (Phi) is 6.14. The second-order valence-corrected chi connectivity index (χ2v) is 5.48. The molecule has 0 radical (unpaired) electrons. The number of esters is 2. The molecule has 7 heteroatoms. The van der Waals surface area contributed by atoms with Gasteiger partial charge in [0.15, 0.2) is 0 Å². The van der Waals surface area contributed by atoms with Crippen LogP contribution in [0.25, 0.3) is 0 Å². The fourth-order valence-electron chi connectivity index (χ4n) is 2.54. The van der Waals surface area contributed by atoms with E-state index in [9.17, 15) is 14.4 Å². The van der Waals surface area contributed by atoms with Crippen LogP contribution in [0.2, 0.25) is 0 Å². The largest absolute Gasteiger partial charge is 0.463 e. The monoisotopic (exact) mass is 301 g/mol. The number of carbonyl (C=O) groups is 3. The molecule has 0 unspecified atom stereocenters. The zero-order valence-corrected chi connectivity index (χ0v) is 12.8. The molecular weight excluding hydrogens is 278 g/mol. The van der Waals surface area contributed by atoms with Gasteiger partial charge in [0.05, 0.1) is 12.5 Å². The summed E-state index contributed by atoms with van der Waals surface area (Å²) >= 11 is 0. The quantitative estimate of drug-likeness (QED) is 0.737. The van der Waals surface area contributed by atoms with E-state index in [4.69, 9.17) is 19.9 Å². The Morgan fingerprint density at radius 3 is 2.14 bits per heavy atom. The lowest BCUT2D eigenvalue weighted by Crippen LogP contribution is -2.53. The van der Waals surface area contributed by atoms with Crippen molar-refractivity contribution in [1.82, 2.24) is 0 Å². The SMILES string of the molecule is CC(=O)OC[C@H]1O[C@H](CC(N)=O)[C@@H](C)[C@@H](C)[C@@H]1OC(C)=O. The van der Waals surface area contributed by atoms with E-state index in [0.717, 1.165) is 0 Å². The van der Waals surface area contributed by atoms with E-state index in [1.165, 1.54) is 13.8 Å². The predicted molar refractivity (Wildman–Crippen MR) is 73.0 cm³/mol. The van der Waals surface area contributed by atoms with Gasteiger partial charge >= 0.3 is 11.9 Å². The molecule has 0 bridgehead atoms. The van der Waals surface area contributed by atoms with Gasteiger partial charge in [-0.3, -0.25) is 14.4 Å². The summed E-state index contributed by atoms with van der Waals surface area (Å²) in [5, 5.41) is 0. The van der Waals surface area contributed by atoms with Crippen molar-refractivity contribution in [2.45, 2.75) is 52.4 Å². The molecule has 0 aliphatic carbocycles. The van der Waals surface area contributed by atoms with Crippen LogP contribution in [0.4, 0.5) is 0 Å². The van der Waals surface area contributed by atoms with Crippen molar-refractivity contribution in [3.8, 4) is 0 Å². The Labute approximate surface area is 124 Å². The normalized spacial score (nSPS) is 32.3. The fourth-order valence-corrected chi connectivity index (χ4v) is 2.54. The van der Waals surface area contributed by atoms with E-state index in [1.807, 2.05) is 13.8 Å². The zero-order chi connectivity index (χ0) is 16.2. The summed E-state index contributed by atoms with van der Waals surface area (Å²) < 4.78 is 16.0. The molecule has 2 N–H and O–H groups in total. The second-order valence-electron chi connectivity index (χ2n) is 5.48. The number of hydrogen-bond acceptors (Lipinski definition) is 6. The van der Waals surface area contributed by atoms with Crippen LogP contribution in [0.5, 0.6) is 0 Å². The van der Waals surface area contributed by atoms with E-state index in [-0.39, 0.29) is 31.0 Å². The van der Waals surface area contributed by atoms with Crippen molar-refractivity contribution in [3.05, 3.63) is 0 Å². The predicted octanol–water partition coefficient (Wildman–Crippen LogP) is 0.396. The molecule has 0 aromatic carbocycles. The van der Waals surface area contributed by atoms with Gasteiger partial charge in [0, 0.05) is 19.8 Å². The van der Waals surface area contributed by atoms with Gasteiger partial charge in [-0.25, -0.2) is 0 Å². The average molecular weight is 301 g/mol. The van der Waals surface area contributed by atoms with Gasteiger partial charge < -0.3 is 19.9 Å². The highest BCUT2D eigenvalue weighted by atomic mass is 16.6. The van der Waals surface area contributed by atoms with Gasteiger partial charge in [0.1, 0.15) is 18.8 Å². The molecule has 1 aliphatic heterocycles. The molecule has 1 saturated heterocycles. The van der Waals surface area contributed by atoms with Crippen LogP contribution in [-0.2, 0) is 28.6 Å². The Balaban J connectivity index is 2.86. The van der Waals surface area contributed by atoms with Crippen molar-refractivity contribution in [2.24, 2.45) is 17.6 Å². The summed E-state index contributed by atoms with van der Waals surface area (Å²) in [6.45, 7) is 6.40. The summed E-state index contributed by atoms with van der Waals surface area (Å²) in [6, 6.07) is 0. The number of carbonyl (C=O) groups excluding carboxylic acids is 3. The minimum absolute atomic E-state index is 0.0181. The first-order valence-corrected chi connectivity index (χ1v) is 6.96. The minimum Gasteiger partial charge on any atom is -0.463 e. The van der Waals surface area contributed by atoms with Crippen molar-refractivity contribution in [3.63, 3.8) is 0 Å². The maximum absolute atomic E-state index is 11.2. The molecule has 5 atom stereocenters. The first-order valence-electron chi connectivity index (χ1n) is 6.96. The Bertz CT molecular complexity index is 410. The first kappa shape index (κ1) is 17.4. The van der Waals surface area contributed by atoms with Gasteiger partial charge in [-0.1, -0.05) is 13.8 Å². The summed E-state index contributed by atoms with van der Waals surface area (Å²) in [5.74, 6) is -1.40. The molecule has 1 fully saturated rings. The molecule has 0 saturated carbocycles. The third-order valence-electron chi connectivity index (χ3n) is 3.81. The van der Waals surface area contributed by atoms with Crippen molar-refractivity contribution >= 4 is 17.8 Å². The molecule has 0 aromatic rings. The van der Waals surface area contributed by atoms with Crippen LogP contribution in [0.1, 0.15) is 34.1 Å². The van der Waals surface area contributed by atoms with Crippen LogP contribution < -0.4 is 5.73 Å². The number of primary amides is 1. The molecule has 0 spiro atoms. The number of hydrogen-bond donors (Lipinski definition) is 1. The van der Waals surface area contributed by atoms with E-state index in [1.54, 1.807) is 0 Å². The number of ether oxygens (including phenoxy) is 3. The number of amides is 1. The van der Waals surface area contributed by atoms with Crippen LogP contribution >= 0.6 is 0 Å². The second kappa shape index (κ2) is 7.40. The smallest absolute Gasteiger partial charge is 0.303 e. The minimum atomic E-state index is -0.603. The van der Waals surface area contributed by atoms with Gasteiger partial charge in [0.25, 0.3) is 0 Å². The molecule has 1 amide bonds. The van der Waals surface area contributed by atoms with E-state index < -0.39 is 30.1 Å². The molecule has 21 heavy (non-hydrogen) atoms. The van der Waals surface area contributed by atoms with Gasteiger partial charge in [-0.2, -0.15) is 0 Å². The molecule has 1 aliphatic rings. The van der Waals surface area contributed by atoms with Gasteiger partial charge in [0.2, 0.25) is 5.91 Å². The van der Waals surface area contributed by atoms with Gasteiger partial charge in [-0.15, -0.1) is 0 Å². The third kappa shape index (κ3) is 5.00. The fraction of sp³-hybridized carbons (Fsp3) is 0.786. The Hall–Kier alpha value is -1.63. The topological polar surface area (TPSA) is 105 Å². The average Bonchev–Trinajstić information content (AvgIpc) is 2.35. The third-order valence-corrected chi connectivity index (χ3v) is 3.81. The Morgan fingerprint density at radius 2 is 1.67 bits per heavy atom. The highest BCUT2D eigenvalue weighted by molar-refractivity contribution is 5.74. The van der Waals surface area contributed by atoms with Crippen molar-refractivity contribution in [2.75, 3.05) is 6.61 Å². The lowest BCUT2D eigenvalue weighted by atomic mass is 9.80. The summed E-state index contributed by atoms with van der Waals surface area (Å²) in [6.07, 6.45) is -1.44. The van der Waals surface area contributed by atoms with Crippen LogP contribution in [0, 0.1) is 11.8 Å². The summed E-state index contributed by atoms with van der Waals surface area (Å²) in [7, 11) is 0. The summed E-state index contributed by atoms with van der Waals surface area (Å²) in [5.41, 5.74) is 5.22. The molecule has 1 rings (SSSR count). The Morgan fingerprint density at radius 1 is 1.05 bits per heavy atom. The lowest BCUT2D eigenvalue weighted by Gasteiger charge is -2.43. The van der Waals surface area contributed by atoms with Crippen molar-refractivity contribution in [1.29, 1.82) is 0 Å². The maximum Gasteiger partial charge on any atom is 0.303 e. The highest BCUT2D eigenvalue weighted by Gasteiger charge is 2.44. The molecule has 0 aromatic heterocycles. The van der Waals surface area contributed by atoms with E-state index >= 15 is 0 Å². The van der Waals surface area contributed by atoms with Crippen LogP contribution in [0.3, 0.4) is 0 Å². The van der Waals surface area contributed by atoms with Crippen LogP contribution in [-0.4, -0.2) is 42.8 Å². The number of rotatable bonds is 5. The highest BCUT2D eigenvalue weighted by Crippen LogP contribution is 2.34. The molecule has 120 valence electrons.